The van der Waals surface area contributed by atoms with E-state index in [1.165, 1.54) is 0 Å². The topological polar surface area (TPSA) is 28.1 Å². The van der Waals surface area contributed by atoms with E-state index in [9.17, 15) is 4.39 Å². The van der Waals surface area contributed by atoms with Crippen LogP contribution < -0.4 is 0 Å². The molecule has 3 heteroatoms. The quantitative estimate of drug-likeness (QED) is 0.607. The molecule has 0 bridgehead atoms. The lowest BCUT2D eigenvalue weighted by molar-refractivity contribution is 0.764. The third-order valence-corrected chi connectivity index (χ3v) is 1.18. The van der Waals surface area contributed by atoms with Crippen molar-refractivity contribution in [1.82, 2.24) is 4.98 Å². The molecule has 0 aliphatic carbocycles. The minimum atomic E-state index is -0.497. The van der Waals surface area contributed by atoms with Crippen molar-refractivity contribution in [2.45, 2.75) is 0 Å². The Morgan fingerprint density at radius 1 is 1.70 bits per heavy atom. The number of hydrogen-bond donors (Lipinski definition) is 1. The molecule has 10 heavy (non-hydrogen) atoms. The van der Waals surface area contributed by atoms with Crippen LogP contribution in [0.5, 0.6) is 0 Å². The highest BCUT2D eigenvalue weighted by Crippen LogP contribution is 2.23. The Kier molecular flexibility index (Phi) is 1.67. The molecule has 0 atom stereocenters. The molecule has 0 saturated carbocycles. The fourth-order valence-electron chi connectivity index (χ4n) is 0.710. The molecule has 0 saturated heterocycles. The van der Waals surface area contributed by atoms with Gasteiger partial charge in [-0.2, -0.15) is 0 Å². The zero-order chi connectivity index (χ0) is 7.56. The van der Waals surface area contributed by atoms with Crippen LogP contribution in [0.3, 0.4) is 0 Å². The highest BCUT2D eigenvalue weighted by Gasteiger charge is 2.03. The van der Waals surface area contributed by atoms with Gasteiger partial charge in [-0.1, -0.05) is 6.58 Å². The predicted octanol–water partition coefficient (Wildman–Crippen LogP) is 2.29. The van der Waals surface area contributed by atoms with Crippen molar-refractivity contribution in [3.05, 3.63) is 24.4 Å². The van der Waals surface area contributed by atoms with E-state index in [0.29, 0.717) is 11.4 Å². The van der Waals surface area contributed by atoms with Crippen molar-refractivity contribution in [2.75, 3.05) is 0 Å². The van der Waals surface area contributed by atoms with Gasteiger partial charge in [-0.25, -0.2) is 9.38 Å². The van der Waals surface area contributed by atoms with E-state index >= 15 is 0 Å². The molecule has 1 heterocycles. The van der Waals surface area contributed by atoms with Crippen molar-refractivity contribution >= 4 is 18.4 Å². The predicted molar refractivity (Wildman–Crippen MR) is 40.1 cm³/mol. The number of nitrogens with one attached hydrogen (secondary N) is 1. The number of aliphatic imine (C=N–C) groups is 1. The van der Waals surface area contributed by atoms with Gasteiger partial charge in [0.2, 0.25) is 0 Å². The standard InChI is InChI=1S/C7H7FN2/c1-5(8)6-3-4-10-7(6)9-2/h3-4,10H,1-2H2. The third kappa shape index (κ3) is 0.978. The molecule has 1 aromatic rings. The van der Waals surface area contributed by atoms with Crippen LogP contribution in [-0.2, 0) is 0 Å². The van der Waals surface area contributed by atoms with Gasteiger partial charge in [-0.3, -0.25) is 0 Å². The van der Waals surface area contributed by atoms with Gasteiger partial charge < -0.3 is 4.98 Å². The van der Waals surface area contributed by atoms with Crippen molar-refractivity contribution in [3.63, 3.8) is 0 Å². The SMILES string of the molecule is C=Nc1[nH]ccc1C(=C)F. The molecular formula is C7H7FN2. The Morgan fingerprint density at radius 2 is 2.40 bits per heavy atom. The highest BCUT2D eigenvalue weighted by atomic mass is 19.1. The molecule has 0 aliphatic heterocycles. The van der Waals surface area contributed by atoms with Crippen molar-refractivity contribution < 1.29 is 4.39 Å². The smallest absolute Gasteiger partial charge is 0.139 e. The second-order valence-electron chi connectivity index (χ2n) is 1.80. The monoisotopic (exact) mass is 138 g/mol. The van der Waals surface area contributed by atoms with Crippen LogP contribution in [-0.4, -0.2) is 11.7 Å². The number of halogens is 1. The van der Waals surface area contributed by atoms with Gasteiger partial charge >= 0.3 is 0 Å². The molecule has 0 fully saturated rings. The molecular weight excluding hydrogens is 131 g/mol. The average Bonchev–Trinajstić information content (AvgIpc) is 2.33. The normalized spacial score (nSPS) is 9.30. The zero-order valence-corrected chi connectivity index (χ0v) is 5.39. The van der Waals surface area contributed by atoms with Crippen LogP contribution in [0.25, 0.3) is 5.83 Å². The lowest BCUT2D eigenvalue weighted by Crippen LogP contribution is -1.70. The van der Waals surface area contributed by atoms with E-state index < -0.39 is 5.83 Å². The molecule has 0 amide bonds. The lowest BCUT2D eigenvalue weighted by Gasteiger charge is -1.90. The van der Waals surface area contributed by atoms with Gasteiger partial charge in [0, 0.05) is 6.20 Å². The van der Waals surface area contributed by atoms with Gasteiger partial charge in [-0.15, -0.1) is 0 Å². The van der Waals surface area contributed by atoms with Crippen LogP contribution in [0.2, 0.25) is 0 Å². The van der Waals surface area contributed by atoms with E-state index in [1.807, 2.05) is 0 Å². The molecule has 0 aliphatic rings. The van der Waals surface area contributed by atoms with E-state index in [4.69, 9.17) is 0 Å². The highest BCUT2D eigenvalue weighted by molar-refractivity contribution is 5.67. The summed E-state index contributed by atoms with van der Waals surface area (Å²) in [6.07, 6.45) is 1.59. The third-order valence-electron chi connectivity index (χ3n) is 1.18. The molecule has 1 aromatic heterocycles. The zero-order valence-electron chi connectivity index (χ0n) is 5.39. The second kappa shape index (κ2) is 2.47. The van der Waals surface area contributed by atoms with Gasteiger partial charge in [0.05, 0.1) is 5.56 Å². The first kappa shape index (κ1) is 6.74. The molecule has 0 aromatic carbocycles. The average molecular weight is 138 g/mol. The fraction of sp³-hybridized carbons (Fsp3) is 0. The Labute approximate surface area is 58.1 Å². The summed E-state index contributed by atoms with van der Waals surface area (Å²) in [6.45, 7) is 6.39. The second-order valence-corrected chi connectivity index (χ2v) is 1.80. The maximum absolute atomic E-state index is 12.4. The van der Waals surface area contributed by atoms with Gasteiger partial charge in [0.25, 0.3) is 0 Å². The van der Waals surface area contributed by atoms with Crippen LogP contribution in [0.1, 0.15) is 5.56 Å². The first-order valence-electron chi connectivity index (χ1n) is 2.74. The van der Waals surface area contributed by atoms with Crippen LogP contribution in [0.4, 0.5) is 10.2 Å². The largest absolute Gasteiger partial charge is 0.346 e. The van der Waals surface area contributed by atoms with Gasteiger partial charge in [0.15, 0.2) is 0 Å². The van der Waals surface area contributed by atoms with Gasteiger partial charge in [0.1, 0.15) is 11.6 Å². The number of H-pyrrole nitrogens is 1. The molecule has 52 valence electrons. The molecule has 1 N–H and O–H groups in total. The summed E-state index contributed by atoms with van der Waals surface area (Å²) in [5.41, 5.74) is 0.370. The van der Waals surface area contributed by atoms with Crippen molar-refractivity contribution in [3.8, 4) is 0 Å². The first-order valence-corrected chi connectivity index (χ1v) is 2.74. The Hall–Kier alpha value is -1.38. The first-order chi connectivity index (χ1) is 4.75. The van der Waals surface area contributed by atoms with Crippen LogP contribution in [0, 0.1) is 0 Å². The Morgan fingerprint density at radius 3 is 2.80 bits per heavy atom. The minimum Gasteiger partial charge on any atom is -0.346 e. The van der Waals surface area contributed by atoms with Crippen molar-refractivity contribution in [2.24, 2.45) is 4.99 Å². The molecule has 0 radical (unpaired) electrons. The molecule has 0 spiro atoms. The molecule has 1 rings (SSSR count). The molecule has 2 nitrogen and oxygen atoms in total. The summed E-state index contributed by atoms with van der Waals surface area (Å²) in [5.74, 6) is -0.0730. The summed E-state index contributed by atoms with van der Waals surface area (Å²) >= 11 is 0. The van der Waals surface area contributed by atoms with Crippen LogP contribution >= 0.6 is 0 Å². The Balaban J connectivity index is 3.13. The van der Waals surface area contributed by atoms with E-state index in [1.54, 1.807) is 12.3 Å². The van der Waals surface area contributed by atoms with Gasteiger partial charge in [-0.05, 0) is 12.8 Å². The van der Waals surface area contributed by atoms with E-state index in [0.717, 1.165) is 0 Å². The van der Waals surface area contributed by atoms with E-state index in [-0.39, 0.29) is 0 Å². The summed E-state index contributed by atoms with van der Waals surface area (Å²) < 4.78 is 12.4. The number of hydrogen-bond acceptors (Lipinski definition) is 1. The van der Waals surface area contributed by atoms with Crippen LogP contribution in [0.15, 0.2) is 23.8 Å². The fourth-order valence-corrected chi connectivity index (χ4v) is 0.710. The maximum Gasteiger partial charge on any atom is 0.139 e. The molecule has 0 unspecified atom stereocenters. The maximum atomic E-state index is 12.4. The summed E-state index contributed by atoms with van der Waals surface area (Å²) in [4.78, 5) is 6.25. The summed E-state index contributed by atoms with van der Waals surface area (Å²) in [5, 5.41) is 0. The van der Waals surface area contributed by atoms with E-state index in [2.05, 4.69) is 23.3 Å². The number of nitrogens with zero attached hydrogens (tertiary/aromatic N) is 1. The summed E-state index contributed by atoms with van der Waals surface area (Å²) in [6, 6.07) is 1.56. The summed E-state index contributed by atoms with van der Waals surface area (Å²) in [7, 11) is 0. The van der Waals surface area contributed by atoms with Crippen molar-refractivity contribution in [1.29, 1.82) is 0 Å². The number of aromatic amines is 1. The minimum absolute atomic E-state index is 0.370. The number of aromatic nitrogens is 1. The Bertz CT molecular complexity index is 262. The lowest BCUT2D eigenvalue weighted by atomic mass is 10.3. The number of rotatable bonds is 2.